The van der Waals surface area contributed by atoms with Crippen LogP contribution in [0, 0.1) is 12.7 Å². The molecule has 0 saturated heterocycles. The number of thiazole rings is 1. The predicted octanol–water partition coefficient (Wildman–Crippen LogP) is 3.10. The summed E-state index contributed by atoms with van der Waals surface area (Å²) in [5.41, 5.74) is 6.58. The zero-order valence-electron chi connectivity index (χ0n) is 9.78. The van der Waals surface area contributed by atoms with Crippen LogP contribution in [-0.2, 0) is 6.42 Å². The van der Waals surface area contributed by atoms with Crippen LogP contribution in [0.4, 0.5) is 4.39 Å². The van der Waals surface area contributed by atoms with E-state index < -0.39 is 0 Å². The highest BCUT2D eigenvalue weighted by molar-refractivity contribution is 9.10. The molecule has 2 aromatic rings. The van der Waals surface area contributed by atoms with Gasteiger partial charge in [-0.25, -0.2) is 9.37 Å². The van der Waals surface area contributed by atoms with Crippen molar-refractivity contribution in [2.45, 2.75) is 19.4 Å². The standard InChI is InChI=1S/C12H13BrFN3S/c1-7-12(18-6-16-7)11(17-15)5-8-2-3-10(14)9(13)4-8/h2-4,6,11,17H,5,15H2,1H3. The summed E-state index contributed by atoms with van der Waals surface area (Å²) in [7, 11) is 0. The second-order valence-corrected chi connectivity index (χ2v) is 5.71. The lowest BCUT2D eigenvalue weighted by Gasteiger charge is -2.15. The quantitative estimate of drug-likeness (QED) is 0.669. The van der Waals surface area contributed by atoms with Gasteiger partial charge >= 0.3 is 0 Å². The van der Waals surface area contributed by atoms with Gasteiger partial charge in [0.15, 0.2) is 0 Å². The Morgan fingerprint density at radius 1 is 1.56 bits per heavy atom. The molecule has 0 saturated carbocycles. The van der Waals surface area contributed by atoms with E-state index in [0.29, 0.717) is 10.9 Å². The molecule has 6 heteroatoms. The van der Waals surface area contributed by atoms with Gasteiger partial charge in [0, 0.05) is 4.88 Å². The van der Waals surface area contributed by atoms with Gasteiger partial charge in [-0.3, -0.25) is 11.3 Å². The minimum atomic E-state index is -0.259. The molecule has 1 heterocycles. The van der Waals surface area contributed by atoms with E-state index >= 15 is 0 Å². The molecular weight excluding hydrogens is 317 g/mol. The van der Waals surface area contributed by atoms with Crippen LogP contribution >= 0.6 is 27.3 Å². The predicted molar refractivity (Wildman–Crippen MR) is 74.7 cm³/mol. The summed E-state index contributed by atoms with van der Waals surface area (Å²) in [6.07, 6.45) is 0.693. The molecular formula is C12H13BrFN3S. The number of benzene rings is 1. The number of nitrogens with zero attached hydrogens (tertiary/aromatic N) is 1. The molecule has 2 rings (SSSR count). The summed E-state index contributed by atoms with van der Waals surface area (Å²) < 4.78 is 13.6. The fourth-order valence-corrected chi connectivity index (χ4v) is 3.06. The monoisotopic (exact) mass is 329 g/mol. The van der Waals surface area contributed by atoms with Crippen LogP contribution in [0.2, 0.25) is 0 Å². The number of halogens is 2. The molecule has 0 fully saturated rings. The second kappa shape index (κ2) is 5.88. The minimum absolute atomic E-state index is 0.00476. The molecule has 0 radical (unpaired) electrons. The van der Waals surface area contributed by atoms with Crippen LogP contribution in [0.25, 0.3) is 0 Å². The number of nitrogens with two attached hydrogens (primary N) is 1. The van der Waals surface area contributed by atoms with Crippen LogP contribution in [-0.4, -0.2) is 4.98 Å². The summed E-state index contributed by atoms with van der Waals surface area (Å²) in [5.74, 6) is 5.33. The number of hydrogen-bond acceptors (Lipinski definition) is 4. The fourth-order valence-electron chi connectivity index (χ4n) is 1.77. The third kappa shape index (κ3) is 2.95. The van der Waals surface area contributed by atoms with Gasteiger partial charge in [-0.1, -0.05) is 6.07 Å². The van der Waals surface area contributed by atoms with Crippen LogP contribution in [0.15, 0.2) is 28.2 Å². The third-order valence-corrected chi connectivity index (χ3v) is 4.38. The van der Waals surface area contributed by atoms with Crippen molar-refractivity contribution in [1.82, 2.24) is 10.4 Å². The van der Waals surface area contributed by atoms with E-state index in [9.17, 15) is 4.39 Å². The Bertz CT molecular complexity index is 544. The molecule has 1 unspecified atom stereocenters. The molecule has 0 amide bonds. The van der Waals surface area contributed by atoms with Gasteiger partial charge in [0.2, 0.25) is 0 Å². The first kappa shape index (κ1) is 13.6. The van der Waals surface area contributed by atoms with Crippen molar-refractivity contribution in [2.24, 2.45) is 5.84 Å². The highest BCUT2D eigenvalue weighted by Crippen LogP contribution is 2.26. The van der Waals surface area contributed by atoms with Gasteiger partial charge in [-0.15, -0.1) is 11.3 Å². The van der Waals surface area contributed by atoms with E-state index in [1.165, 1.54) is 6.07 Å². The number of nitrogens with one attached hydrogen (secondary N) is 1. The van der Waals surface area contributed by atoms with Crippen LogP contribution in [0.3, 0.4) is 0 Å². The fraction of sp³-hybridized carbons (Fsp3) is 0.250. The van der Waals surface area contributed by atoms with Gasteiger partial charge < -0.3 is 0 Å². The van der Waals surface area contributed by atoms with E-state index in [2.05, 4.69) is 26.3 Å². The lowest BCUT2D eigenvalue weighted by Crippen LogP contribution is -2.29. The van der Waals surface area contributed by atoms with Gasteiger partial charge in [0.1, 0.15) is 5.82 Å². The van der Waals surface area contributed by atoms with Gasteiger partial charge in [-0.05, 0) is 47.0 Å². The maximum Gasteiger partial charge on any atom is 0.137 e. The Hall–Kier alpha value is -0.820. The van der Waals surface area contributed by atoms with Gasteiger partial charge in [0.25, 0.3) is 0 Å². The van der Waals surface area contributed by atoms with Crippen molar-refractivity contribution in [3.05, 3.63) is 50.1 Å². The first-order chi connectivity index (χ1) is 8.61. The van der Waals surface area contributed by atoms with E-state index in [1.807, 2.05) is 6.92 Å². The van der Waals surface area contributed by atoms with Crippen molar-refractivity contribution in [3.63, 3.8) is 0 Å². The molecule has 0 aliphatic heterocycles. The third-order valence-electron chi connectivity index (χ3n) is 2.72. The molecule has 1 aromatic heterocycles. The lowest BCUT2D eigenvalue weighted by molar-refractivity contribution is 0.555. The summed E-state index contributed by atoms with van der Waals surface area (Å²) in [6.45, 7) is 1.96. The first-order valence-electron chi connectivity index (χ1n) is 5.42. The smallest absolute Gasteiger partial charge is 0.137 e. The Labute approximate surface area is 117 Å². The summed E-state index contributed by atoms with van der Waals surface area (Å²) in [4.78, 5) is 5.32. The van der Waals surface area contributed by atoms with E-state index in [1.54, 1.807) is 29.0 Å². The Balaban J connectivity index is 2.20. The number of hydrogen-bond donors (Lipinski definition) is 2. The minimum Gasteiger partial charge on any atom is -0.271 e. The average molecular weight is 330 g/mol. The highest BCUT2D eigenvalue weighted by Gasteiger charge is 2.15. The largest absolute Gasteiger partial charge is 0.271 e. The molecule has 3 nitrogen and oxygen atoms in total. The molecule has 3 N–H and O–H groups in total. The first-order valence-corrected chi connectivity index (χ1v) is 7.09. The molecule has 0 aliphatic carbocycles. The van der Waals surface area contributed by atoms with Crippen molar-refractivity contribution >= 4 is 27.3 Å². The number of aromatic nitrogens is 1. The van der Waals surface area contributed by atoms with E-state index in [-0.39, 0.29) is 11.9 Å². The summed E-state index contributed by atoms with van der Waals surface area (Å²) >= 11 is 4.75. The summed E-state index contributed by atoms with van der Waals surface area (Å²) in [6, 6.07) is 4.98. The second-order valence-electron chi connectivity index (χ2n) is 3.97. The van der Waals surface area contributed by atoms with Crippen molar-refractivity contribution < 1.29 is 4.39 Å². The van der Waals surface area contributed by atoms with E-state index in [0.717, 1.165) is 16.1 Å². The maximum atomic E-state index is 13.2. The molecule has 0 aliphatic rings. The van der Waals surface area contributed by atoms with Crippen LogP contribution < -0.4 is 11.3 Å². The van der Waals surface area contributed by atoms with Crippen molar-refractivity contribution in [2.75, 3.05) is 0 Å². The zero-order valence-corrected chi connectivity index (χ0v) is 12.2. The number of rotatable bonds is 4. The number of hydrazine groups is 1. The number of aryl methyl sites for hydroxylation is 1. The van der Waals surface area contributed by atoms with E-state index in [4.69, 9.17) is 5.84 Å². The molecule has 96 valence electrons. The van der Waals surface area contributed by atoms with Gasteiger partial charge in [-0.2, -0.15) is 0 Å². The Morgan fingerprint density at radius 2 is 2.33 bits per heavy atom. The zero-order chi connectivity index (χ0) is 13.1. The molecule has 0 spiro atoms. The van der Waals surface area contributed by atoms with Crippen LogP contribution in [0.5, 0.6) is 0 Å². The average Bonchev–Trinajstić information content (AvgIpc) is 2.77. The lowest BCUT2D eigenvalue weighted by atomic mass is 10.0. The topological polar surface area (TPSA) is 50.9 Å². The Morgan fingerprint density at radius 3 is 2.89 bits per heavy atom. The molecule has 0 bridgehead atoms. The molecule has 1 atom stereocenters. The van der Waals surface area contributed by atoms with Crippen LogP contribution in [0.1, 0.15) is 22.2 Å². The summed E-state index contributed by atoms with van der Waals surface area (Å²) in [5, 5.41) is 0. The van der Waals surface area contributed by atoms with Crippen molar-refractivity contribution in [1.29, 1.82) is 0 Å². The highest BCUT2D eigenvalue weighted by atomic mass is 79.9. The maximum absolute atomic E-state index is 13.2. The normalized spacial score (nSPS) is 12.7. The van der Waals surface area contributed by atoms with Gasteiger partial charge in [0.05, 0.1) is 21.7 Å². The SMILES string of the molecule is Cc1ncsc1C(Cc1ccc(F)c(Br)c1)NN. The Kier molecular flexibility index (Phi) is 4.45. The molecule has 1 aromatic carbocycles. The molecule has 18 heavy (non-hydrogen) atoms. The van der Waals surface area contributed by atoms with Crippen molar-refractivity contribution in [3.8, 4) is 0 Å².